The molecule has 1 fully saturated rings. The zero-order chi connectivity index (χ0) is 22.0. The van der Waals surface area contributed by atoms with E-state index >= 15 is 0 Å². The number of nitriles is 1. The average Bonchev–Trinajstić information content (AvgIpc) is 3.22. The summed E-state index contributed by atoms with van der Waals surface area (Å²) in [4.78, 5) is 17.5. The van der Waals surface area contributed by atoms with Gasteiger partial charge in [-0.25, -0.2) is 0 Å². The molecule has 31 heavy (non-hydrogen) atoms. The minimum Gasteiger partial charge on any atom is -0.358 e. The number of hydrogen-bond acceptors (Lipinski definition) is 5. The van der Waals surface area contributed by atoms with Crippen LogP contribution in [0.5, 0.6) is 0 Å². The van der Waals surface area contributed by atoms with Crippen LogP contribution in [-0.4, -0.2) is 47.4 Å². The molecule has 1 aromatic carbocycles. The van der Waals surface area contributed by atoms with Gasteiger partial charge in [0.25, 0.3) is 5.91 Å². The van der Waals surface area contributed by atoms with E-state index in [-0.39, 0.29) is 18.0 Å². The van der Waals surface area contributed by atoms with Crippen molar-refractivity contribution >= 4 is 23.2 Å². The van der Waals surface area contributed by atoms with Gasteiger partial charge in [-0.15, -0.1) is 0 Å². The van der Waals surface area contributed by atoms with E-state index in [0.29, 0.717) is 23.7 Å². The van der Waals surface area contributed by atoms with E-state index < -0.39 is 0 Å². The number of fused-ring (bicyclic) bond motifs is 1. The number of carbonyl (C=O) groups excluding carboxylic acids is 1. The van der Waals surface area contributed by atoms with Crippen molar-refractivity contribution in [2.45, 2.75) is 44.7 Å². The van der Waals surface area contributed by atoms with Gasteiger partial charge in [0.05, 0.1) is 23.0 Å². The first-order valence-electron chi connectivity index (χ1n) is 10.8. The smallest absolute Gasteiger partial charge is 0.260 e. The van der Waals surface area contributed by atoms with E-state index in [1.54, 1.807) is 12.1 Å². The Morgan fingerprint density at radius 1 is 1.48 bits per heavy atom. The van der Waals surface area contributed by atoms with Crippen LogP contribution in [0.4, 0.5) is 5.69 Å². The molecule has 4 rings (SSSR count). The Kier molecular flexibility index (Phi) is 6.35. The molecule has 2 heterocycles. The van der Waals surface area contributed by atoms with Crippen LogP contribution in [0.25, 0.3) is 0 Å². The second kappa shape index (κ2) is 9.17. The molecule has 0 spiro atoms. The molecule has 1 amide bonds. The first-order valence-corrected chi connectivity index (χ1v) is 11.2. The highest BCUT2D eigenvalue weighted by Crippen LogP contribution is 2.33. The number of allylic oxidation sites excluding steroid dienone is 3. The Morgan fingerprint density at radius 2 is 2.32 bits per heavy atom. The fourth-order valence-corrected chi connectivity index (χ4v) is 4.64. The lowest BCUT2D eigenvalue weighted by atomic mass is 10.1. The summed E-state index contributed by atoms with van der Waals surface area (Å²) in [5.74, 6) is -0.0399. The lowest BCUT2D eigenvalue weighted by molar-refractivity contribution is 0.0791. The summed E-state index contributed by atoms with van der Waals surface area (Å²) in [5, 5.41) is 16.8. The molecular weight excluding hydrogens is 410 g/mol. The van der Waals surface area contributed by atoms with Crippen molar-refractivity contribution in [1.82, 2.24) is 15.1 Å². The maximum atomic E-state index is 13.5. The Balaban J connectivity index is 1.49. The molecule has 2 N–H and O–H groups in total. The lowest BCUT2D eigenvalue weighted by Gasteiger charge is -2.31. The molecule has 1 saturated heterocycles. The van der Waals surface area contributed by atoms with Gasteiger partial charge in [-0.3, -0.25) is 4.79 Å². The van der Waals surface area contributed by atoms with E-state index in [9.17, 15) is 10.1 Å². The van der Waals surface area contributed by atoms with Crippen molar-refractivity contribution in [3.8, 4) is 6.07 Å². The first-order chi connectivity index (χ1) is 15.0. The summed E-state index contributed by atoms with van der Waals surface area (Å²) >= 11 is 6.20. The molecule has 0 aromatic heterocycles. The Hall–Kier alpha value is -2.75. The third-order valence-electron chi connectivity index (χ3n) is 6.11. The topological polar surface area (TPSA) is 71.4 Å². The highest BCUT2D eigenvalue weighted by Gasteiger charge is 2.30. The minimum atomic E-state index is -0.0779. The van der Waals surface area contributed by atoms with Crippen molar-refractivity contribution in [2.75, 3.05) is 25.0 Å². The van der Waals surface area contributed by atoms with Gasteiger partial charge in [0, 0.05) is 42.1 Å². The molecule has 1 aliphatic carbocycles. The van der Waals surface area contributed by atoms with Crippen LogP contribution in [0.3, 0.4) is 0 Å². The molecule has 0 saturated carbocycles. The predicted molar refractivity (Wildman–Crippen MR) is 123 cm³/mol. The SMILES string of the molecule is C=C(CN[C@@H](C)CN1C(=O)c2cc(Cl)ccc2NC2=C1CCC=C2)N1CCCC1C#N. The first kappa shape index (κ1) is 21.5. The largest absolute Gasteiger partial charge is 0.358 e. The molecular formula is C24H28ClN5O. The number of carbonyl (C=O) groups is 1. The van der Waals surface area contributed by atoms with E-state index in [1.807, 2.05) is 11.0 Å². The van der Waals surface area contributed by atoms with Crippen LogP contribution in [0.15, 0.2) is 54.0 Å². The van der Waals surface area contributed by atoms with Crippen LogP contribution in [0, 0.1) is 11.3 Å². The van der Waals surface area contributed by atoms with Gasteiger partial charge in [-0.1, -0.05) is 24.3 Å². The fourth-order valence-electron chi connectivity index (χ4n) is 4.47. The monoisotopic (exact) mass is 437 g/mol. The molecule has 6 nitrogen and oxygen atoms in total. The zero-order valence-electron chi connectivity index (χ0n) is 17.8. The quantitative estimate of drug-likeness (QED) is 0.696. The Labute approximate surface area is 188 Å². The van der Waals surface area contributed by atoms with Crippen molar-refractivity contribution in [2.24, 2.45) is 0 Å². The van der Waals surface area contributed by atoms with Gasteiger partial charge in [0.15, 0.2) is 0 Å². The summed E-state index contributed by atoms with van der Waals surface area (Å²) < 4.78 is 0. The lowest BCUT2D eigenvalue weighted by Crippen LogP contribution is -2.44. The number of halogens is 1. The summed E-state index contributed by atoms with van der Waals surface area (Å²) in [5.41, 5.74) is 4.27. The number of benzene rings is 1. The highest BCUT2D eigenvalue weighted by molar-refractivity contribution is 6.31. The third-order valence-corrected chi connectivity index (χ3v) is 6.35. The zero-order valence-corrected chi connectivity index (χ0v) is 18.6. The second-order valence-corrected chi connectivity index (χ2v) is 8.80. The van der Waals surface area contributed by atoms with Crippen LogP contribution in [0.2, 0.25) is 5.02 Å². The molecule has 1 unspecified atom stereocenters. The molecule has 7 heteroatoms. The summed E-state index contributed by atoms with van der Waals surface area (Å²) in [6, 6.07) is 7.72. The number of likely N-dealkylation sites (tertiary alicyclic amines) is 1. The molecule has 1 aromatic rings. The van der Waals surface area contributed by atoms with Gasteiger partial charge in [0.2, 0.25) is 0 Å². The number of nitrogens with one attached hydrogen (secondary N) is 2. The Bertz CT molecular complexity index is 992. The van der Waals surface area contributed by atoms with Crippen LogP contribution >= 0.6 is 11.6 Å². The summed E-state index contributed by atoms with van der Waals surface area (Å²) in [7, 11) is 0. The minimum absolute atomic E-state index is 0.0399. The van der Waals surface area contributed by atoms with Gasteiger partial charge >= 0.3 is 0 Å². The van der Waals surface area contributed by atoms with Gasteiger partial charge in [0.1, 0.15) is 6.04 Å². The van der Waals surface area contributed by atoms with E-state index in [1.165, 1.54) is 0 Å². The average molecular weight is 438 g/mol. The molecule has 0 bridgehead atoms. The Morgan fingerprint density at radius 3 is 3.13 bits per heavy atom. The molecule has 162 valence electrons. The van der Waals surface area contributed by atoms with Crippen LogP contribution in [-0.2, 0) is 0 Å². The second-order valence-electron chi connectivity index (χ2n) is 8.36. The van der Waals surface area contributed by atoms with E-state index in [2.05, 4.69) is 47.3 Å². The predicted octanol–water partition coefficient (Wildman–Crippen LogP) is 4.25. The molecule has 2 aliphatic heterocycles. The molecule has 2 atom stereocenters. The number of nitrogens with zero attached hydrogens (tertiary/aromatic N) is 3. The maximum absolute atomic E-state index is 13.5. The van der Waals surface area contributed by atoms with Gasteiger partial charge in [-0.2, -0.15) is 5.26 Å². The van der Waals surface area contributed by atoms with Crippen molar-refractivity contribution in [1.29, 1.82) is 5.26 Å². The van der Waals surface area contributed by atoms with Crippen molar-refractivity contribution < 1.29 is 4.79 Å². The van der Waals surface area contributed by atoms with E-state index in [0.717, 1.165) is 55.0 Å². The summed E-state index contributed by atoms with van der Waals surface area (Å²) in [6.45, 7) is 8.25. The molecule has 0 radical (unpaired) electrons. The van der Waals surface area contributed by atoms with Gasteiger partial charge in [-0.05, 0) is 56.9 Å². The van der Waals surface area contributed by atoms with Crippen molar-refractivity contribution in [3.63, 3.8) is 0 Å². The number of amides is 1. The molecule has 3 aliphatic rings. The van der Waals surface area contributed by atoms with Gasteiger partial charge < -0.3 is 20.4 Å². The van der Waals surface area contributed by atoms with Crippen LogP contribution < -0.4 is 10.6 Å². The fraction of sp³-hybridized carbons (Fsp3) is 0.417. The standard InChI is InChI=1S/C24H28ClN5O/c1-16(27-14-17(2)29-11-5-6-19(29)13-26)15-30-23-8-4-3-7-22(23)28-21-10-9-18(25)12-20(21)24(30)31/h3,7,9-10,12,16,19,27-28H,2,4-6,8,11,14-15H2,1H3/t16-,19?/m0/s1. The number of anilines is 1. The third kappa shape index (κ3) is 4.48. The van der Waals surface area contributed by atoms with E-state index in [4.69, 9.17) is 11.6 Å². The van der Waals surface area contributed by atoms with Crippen molar-refractivity contribution in [3.05, 3.63) is 64.6 Å². The normalized spacial score (nSPS) is 21.2. The number of rotatable bonds is 6. The number of hydrogen-bond donors (Lipinski definition) is 2. The van der Waals surface area contributed by atoms with Crippen LogP contribution in [0.1, 0.15) is 43.0 Å². The highest BCUT2D eigenvalue weighted by atomic mass is 35.5. The maximum Gasteiger partial charge on any atom is 0.260 e. The summed E-state index contributed by atoms with van der Waals surface area (Å²) in [6.07, 6.45) is 7.82.